The maximum Gasteiger partial charge on any atom is 0.251 e. The molecule has 1 atom stereocenters. The zero-order valence-electron chi connectivity index (χ0n) is 17.1. The van der Waals surface area contributed by atoms with E-state index in [2.05, 4.69) is 36.5 Å². The molecular weight excluding hydrogens is 378 g/mol. The van der Waals surface area contributed by atoms with Crippen LogP contribution in [0.4, 0.5) is 0 Å². The fourth-order valence-corrected chi connectivity index (χ4v) is 3.91. The second-order valence-corrected chi connectivity index (χ2v) is 8.01. The summed E-state index contributed by atoms with van der Waals surface area (Å²) in [7, 11) is 0. The minimum atomic E-state index is -0.0778. The number of carbonyl (C=O) groups is 1. The summed E-state index contributed by atoms with van der Waals surface area (Å²) in [5.74, 6) is 1.50. The zero-order valence-corrected chi connectivity index (χ0v) is 18.0. The Morgan fingerprint density at radius 1 is 1.03 bits per heavy atom. The van der Waals surface area contributed by atoms with Gasteiger partial charge in [0.25, 0.3) is 5.91 Å². The van der Waals surface area contributed by atoms with Gasteiger partial charge in [-0.1, -0.05) is 48.0 Å². The van der Waals surface area contributed by atoms with Crippen LogP contribution in [0.5, 0.6) is 5.75 Å². The molecule has 3 nitrogen and oxygen atoms in total. The van der Waals surface area contributed by atoms with Gasteiger partial charge in [-0.15, -0.1) is 11.8 Å². The number of amides is 1. The van der Waals surface area contributed by atoms with Crippen molar-refractivity contribution in [1.82, 2.24) is 5.32 Å². The van der Waals surface area contributed by atoms with Gasteiger partial charge in [0.2, 0.25) is 0 Å². The number of aryl methyl sites for hydroxylation is 1. The van der Waals surface area contributed by atoms with Crippen LogP contribution in [0.25, 0.3) is 0 Å². The van der Waals surface area contributed by atoms with Gasteiger partial charge in [-0.05, 0) is 56.7 Å². The van der Waals surface area contributed by atoms with Crippen molar-refractivity contribution in [3.63, 3.8) is 0 Å². The molecule has 0 bridgehead atoms. The maximum absolute atomic E-state index is 12.8. The average molecular weight is 406 g/mol. The number of nitrogens with one attached hydrogen (secondary N) is 1. The normalized spacial score (nSPS) is 11.7. The van der Waals surface area contributed by atoms with E-state index in [1.54, 1.807) is 11.8 Å². The SMILES string of the molecule is CCOc1ccc(C(=O)N[C@@H](C)c2ccccc2)cc1CSc1ccc(C)cc1. The highest BCUT2D eigenvalue weighted by Gasteiger charge is 2.14. The Hall–Kier alpha value is -2.72. The predicted molar refractivity (Wildman–Crippen MR) is 121 cm³/mol. The van der Waals surface area contributed by atoms with Gasteiger partial charge >= 0.3 is 0 Å². The van der Waals surface area contributed by atoms with E-state index >= 15 is 0 Å². The highest BCUT2D eigenvalue weighted by Crippen LogP contribution is 2.29. The van der Waals surface area contributed by atoms with E-state index in [1.165, 1.54) is 10.5 Å². The third kappa shape index (κ3) is 5.88. The first-order valence-electron chi connectivity index (χ1n) is 9.88. The molecule has 150 valence electrons. The highest BCUT2D eigenvalue weighted by atomic mass is 32.2. The third-order valence-electron chi connectivity index (χ3n) is 4.69. The number of hydrogen-bond donors (Lipinski definition) is 1. The fraction of sp³-hybridized carbons (Fsp3) is 0.240. The summed E-state index contributed by atoms with van der Waals surface area (Å²) in [5.41, 5.74) is 4.01. The molecule has 0 saturated heterocycles. The van der Waals surface area contributed by atoms with Gasteiger partial charge in [-0.3, -0.25) is 4.79 Å². The van der Waals surface area contributed by atoms with E-state index in [0.717, 1.165) is 22.6 Å². The molecule has 0 fully saturated rings. The van der Waals surface area contributed by atoms with Gasteiger partial charge in [0, 0.05) is 21.8 Å². The third-order valence-corrected chi connectivity index (χ3v) is 5.75. The van der Waals surface area contributed by atoms with Crippen molar-refractivity contribution in [1.29, 1.82) is 0 Å². The van der Waals surface area contributed by atoms with Crippen molar-refractivity contribution < 1.29 is 9.53 Å². The lowest BCUT2D eigenvalue weighted by atomic mass is 10.1. The monoisotopic (exact) mass is 405 g/mol. The molecule has 3 aromatic carbocycles. The van der Waals surface area contributed by atoms with Crippen LogP contribution in [0, 0.1) is 6.92 Å². The molecule has 0 spiro atoms. The van der Waals surface area contributed by atoms with Crippen molar-refractivity contribution in [3.8, 4) is 5.75 Å². The van der Waals surface area contributed by atoms with Crippen LogP contribution in [0.2, 0.25) is 0 Å². The molecular formula is C25H27NO2S. The van der Waals surface area contributed by atoms with Gasteiger partial charge in [0.15, 0.2) is 0 Å². The van der Waals surface area contributed by atoms with Gasteiger partial charge in [0.1, 0.15) is 5.75 Å². The first-order chi connectivity index (χ1) is 14.1. The van der Waals surface area contributed by atoms with E-state index in [1.807, 2.05) is 62.4 Å². The maximum atomic E-state index is 12.8. The molecule has 0 aliphatic heterocycles. The van der Waals surface area contributed by atoms with E-state index in [-0.39, 0.29) is 11.9 Å². The summed E-state index contributed by atoms with van der Waals surface area (Å²) in [6, 6.07) is 24.1. The van der Waals surface area contributed by atoms with Crippen molar-refractivity contribution >= 4 is 17.7 Å². The fourth-order valence-electron chi connectivity index (χ4n) is 3.03. The minimum absolute atomic E-state index is 0.0550. The molecule has 0 unspecified atom stereocenters. The van der Waals surface area contributed by atoms with Crippen LogP contribution < -0.4 is 10.1 Å². The van der Waals surface area contributed by atoms with Crippen LogP contribution in [-0.2, 0) is 5.75 Å². The molecule has 1 amide bonds. The average Bonchev–Trinajstić information content (AvgIpc) is 2.75. The molecule has 3 rings (SSSR count). The number of hydrogen-bond acceptors (Lipinski definition) is 3. The van der Waals surface area contributed by atoms with Crippen molar-refractivity contribution in [2.45, 2.75) is 37.5 Å². The summed E-state index contributed by atoms with van der Waals surface area (Å²) in [5, 5.41) is 3.08. The lowest BCUT2D eigenvalue weighted by molar-refractivity contribution is 0.0939. The first-order valence-corrected chi connectivity index (χ1v) is 10.9. The molecule has 29 heavy (non-hydrogen) atoms. The Kier molecular flexibility index (Phi) is 7.36. The smallest absolute Gasteiger partial charge is 0.251 e. The summed E-state index contributed by atoms with van der Waals surface area (Å²) in [4.78, 5) is 14.0. The molecule has 3 aromatic rings. The summed E-state index contributed by atoms with van der Waals surface area (Å²) >= 11 is 1.74. The van der Waals surface area contributed by atoms with Gasteiger partial charge in [-0.2, -0.15) is 0 Å². The zero-order chi connectivity index (χ0) is 20.6. The molecule has 0 heterocycles. The molecule has 0 radical (unpaired) electrons. The molecule has 0 aliphatic carbocycles. The van der Waals surface area contributed by atoms with E-state index in [0.29, 0.717) is 12.2 Å². The number of rotatable bonds is 8. The summed E-state index contributed by atoms with van der Waals surface area (Å²) in [6.07, 6.45) is 0. The lowest BCUT2D eigenvalue weighted by Gasteiger charge is -2.16. The molecule has 1 N–H and O–H groups in total. The van der Waals surface area contributed by atoms with Crippen LogP contribution in [0.3, 0.4) is 0 Å². The van der Waals surface area contributed by atoms with E-state index < -0.39 is 0 Å². The van der Waals surface area contributed by atoms with Gasteiger partial charge in [-0.25, -0.2) is 0 Å². The number of benzene rings is 3. The lowest BCUT2D eigenvalue weighted by Crippen LogP contribution is -2.26. The van der Waals surface area contributed by atoms with Crippen molar-refractivity contribution in [3.05, 3.63) is 95.1 Å². The molecule has 0 aromatic heterocycles. The largest absolute Gasteiger partial charge is 0.494 e. The highest BCUT2D eigenvalue weighted by molar-refractivity contribution is 7.98. The Morgan fingerprint density at radius 2 is 1.76 bits per heavy atom. The minimum Gasteiger partial charge on any atom is -0.494 e. The van der Waals surface area contributed by atoms with E-state index in [9.17, 15) is 4.79 Å². The second kappa shape index (κ2) is 10.2. The van der Waals surface area contributed by atoms with Crippen LogP contribution in [-0.4, -0.2) is 12.5 Å². The second-order valence-electron chi connectivity index (χ2n) is 6.96. The van der Waals surface area contributed by atoms with Crippen LogP contribution in [0.1, 0.15) is 46.9 Å². The first kappa shape index (κ1) is 21.0. The number of thioether (sulfide) groups is 1. The van der Waals surface area contributed by atoms with Crippen LogP contribution in [0.15, 0.2) is 77.7 Å². The molecule has 0 saturated carbocycles. The Morgan fingerprint density at radius 3 is 2.45 bits per heavy atom. The van der Waals surface area contributed by atoms with Crippen LogP contribution >= 0.6 is 11.8 Å². The predicted octanol–water partition coefficient (Wildman–Crippen LogP) is 6.18. The van der Waals surface area contributed by atoms with Gasteiger partial charge < -0.3 is 10.1 Å². The standard InChI is InChI=1S/C25H27NO2S/c1-4-28-24-15-12-21(25(27)26-19(3)20-8-6-5-7-9-20)16-22(24)17-29-23-13-10-18(2)11-14-23/h5-16,19H,4,17H2,1-3H3,(H,26,27)/t19-/m0/s1. The van der Waals surface area contributed by atoms with E-state index in [4.69, 9.17) is 4.74 Å². The Labute approximate surface area is 177 Å². The number of carbonyl (C=O) groups excluding carboxylic acids is 1. The van der Waals surface area contributed by atoms with Crippen molar-refractivity contribution in [2.75, 3.05) is 6.61 Å². The molecule has 4 heteroatoms. The Balaban J connectivity index is 1.74. The number of ether oxygens (including phenoxy) is 1. The molecule has 0 aliphatic rings. The van der Waals surface area contributed by atoms with Crippen molar-refractivity contribution in [2.24, 2.45) is 0 Å². The van der Waals surface area contributed by atoms with Gasteiger partial charge in [0.05, 0.1) is 12.6 Å². The summed E-state index contributed by atoms with van der Waals surface area (Å²) in [6.45, 7) is 6.65. The Bertz CT molecular complexity index is 939. The topological polar surface area (TPSA) is 38.3 Å². The quantitative estimate of drug-likeness (QED) is 0.455. The summed E-state index contributed by atoms with van der Waals surface area (Å²) < 4.78 is 5.78.